The van der Waals surface area contributed by atoms with Crippen molar-refractivity contribution < 1.29 is 0 Å². The fraction of sp³-hybridized carbons (Fsp3) is 0.692. The van der Waals surface area contributed by atoms with Gasteiger partial charge in [0.05, 0.1) is 5.69 Å². The summed E-state index contributed by atoms with van der Waals surface area (Å²) in [4.78, 5) is 24.5. The zero-order chi connectivity index (χ0) is 12.8. The molecule has 1 rings (SSSR count). The van der Waals surface area contributed by atoms with Crippen molar-refractivity contribution in [1.29, 1.82) is 0 Å². The average Bonchev–Trinajstić information content (AvgIpc) is 2.37. The molecular weight excluding hydrogens is 216 g/mol. The number of nitrogens with zero attached hydrogens (tertiary/aromatic N) is 1. The molecule has 0 bridgehead atoms. The van der Waals surface area contributed by atoms with Crippen LogP contribution < -0.4 is 16.2 Å². The molecule has 4 heteroatoms. The molecule has 0 aliphatic carbocycles. The van der Waals surface area contributed by atoms with E-state index >= 15 is 0 Å². The fourth-order valence-electron chi connectivity index (χ4n) is 1.93. The molecule has 1 N–H and O–H groups in total. The summed E-state index contributed by atoms with van der Waals surface area (Å²) in [6.07, 6.45) is 2.14. The van der Waals surface area contributed by atoms with Gasteiger partial charge in [0.2, 0.25) is 10.9 Å². The van der Waals surface area contributed by atoms with Crippen LogP contribution in [0.4, 0.5) is 5.69 Å². The van der Waals surface area contributed by atoms with Gasteiger partial charge in [-0.1, -0.05) is 13.8 Å². The van der Waals surface area contributed by atoms with Crippen LogP contribution in [0.15, 0.2) is 9.59 Å². The predicted octanol–water partition coefficient (Wildman–Crippen LogP) is 1.12. The molecule has 0 aliphatic rings. The van der Waals surface area contributed by atoms with Gasteiger partial charge in [0.1, 0.15) is 0 Å². The highest BCUT2D eigenvalue weighted by Gasteiger charge is 2.15. The van der Waals surface area contributed by atoms with Crippen molar-refractivity contribution in [3.63, 3.8) is 0 Å². The molecular formula is C13H22N2O2. The quantitative estimate of drug-likeness (QED) is 0.545. The van der Waals surface area contributed by atoms with E-state index in [0.717, 1.165) is 39.0 Å². The minimum absolute atomic E-state index is 0.337. The summed E-state index contributed by atoms with van der Waals surface area (Å²) in [5.41, 5.74) is 0.415. The summed E-state index contributed by atoms with van der Waals surface area (Å²) in [5.74, 6) is 0. The third kappa shape index (κ3) is 3.40. The van der Waals surface area contributed by atoms with Crippen LogP contribution in [-0.2, 0) is 0 Å². The molecule has 4 nitrogen and oxygen atoms in total. The molecule has 0 spiro atoms. The predicted molar refractivity (Wildman–Crippen MR) is 71.6 cm³/mol. The van der Waals surface area contributed by atoms with Crippen LogP contribution in [0.1, 0.15) is 32.3 Å². The van der Waals surface area contributed by atoms with Crippen molar-refractivity contribution in [3.8, 4) is 0 Å². The van der Waals surface area contributed by atoms with E-state index in [1.165, 1.54) is 0 Å². The Bertz CT molecular complexity index is 415. The molecule has 0 unspecified atom stereocenters. The lowest BCUT2D eigenvalue weighted by atomic mass is 10.1. The minimum atomic E-state index is -0.355. The lowest BCUT2D eigenvalue weighted by Gasteiger charge is -2.17. The second-order valence-corrected chi connectivity index (χ2v) is 4.32. The minimum Gasteiger partial charge on any atom is -0.381 e. The molecule has 96 valence electrons. The monoisotopic (exact) mass is 238 g/mol. The normalized spacial score (nSPS) is 11.3. The first-order valence-electron chi connectivity index (χ1n) is 6.37. The Kier molecular flexibility index (Phi) is 5.35. The molecule has 0 heterocycles. The molecule has 1 aromatic rings. The van der Waals surface area contributed by atoms with Crippen LogP contribution >= 0.6 is 0 Å². The molecule has 0 atom stereocenters. The Morgan fingerprint density at radius 1 is 1.06 bits per heavy atom. The van der Waals surface area contributed by atoms with E-state index in [-0.39, 0.29) is 10.9 Å². The maximum Gasteiger partial charge on any atom is 0.249 e. The number of unbranched alkanes of at least 4 members (excludes halogenated alkanes) is 1. The summed E-state index contributed by atoms with van der Waals surface area (Å²) in [6.45, 7) is 10.1. The standard InChI is InChI=1S/C13H22N2O2/c1-4-15(5-2)9-7-6-8-14-11-10(3)12(16)13(11)17/h14H,4-9H2,1-3H3. The Hall–Kier alpha value is -1.16. The van der Waals surface area contributed by atoms with Gasteiger partial charge in [-0.2, -0.15) is 0 Å². The van der Waals surface area contributed by atoms with Gasteiger partial charge in [-0.25, -0.2) is 0 Å². The Morgan fingerprint density at radius 2 is 1.71 bits per heavy atom. The number of hydrogen-bond acceptors (Lipinski definition) is 4. The van der Waals surface area contributed by atoms with Gasteiger partial charge in [0.15, 0.2) is 0 Å². The Morgan fingerprint density at radius 3 is 2.24 bits per heavy atom. The smallest absolute Gasteiger partial charge is 0.249 e. The van der Waals surface area contributed by atoms with Crippen LogP contribution in [0.2, 0.25) is 0 Å². The first kappa shape index (κ1) is 13.9. The third-order valence-electron chi connectivity index (χ3n) is 3.25. The van der Waals surface area contributed by atoms with E-state index in [9.17, 15) is 9.59 Å². The number of rotatable bonds is 8. The van der Waals surface area contributed by atoms with E-state index in [2.05, 4.69) is 24.1 Å². The summed E-state index contributed by atoms with van der Waals surface area (Å²) in [6, 6.07) is 0. The highest BCUT2D eigenvalue weighted by molar-refractivity contribution is 5.55. The summed E-state index contributed by atoms with van der Waals surface area (Å²) in [7, 11) is 0. The highest BCUT2D eigenvalue weighted by Crippen LogP contribution is 2.05. The third-order valence-corrected chi connectivity index (χ3v) is 3.25. The van der Waals surface area contributed by atoms with Crippen LogP contribution in [-0.4, -0.2) is 31.1 Å². The van der Waals surface area contributed by atoms with Crippen molar-refractivity contribution in [1.82, 2.24) is 4.90 Å². The molecule has 0 saturated heterocycles. The molecule has 0 aliphatic heterocycles. The molecule has 0 saturated carbocycles. The van der Waals surface area contributed by atoms with Crippen LogP contribution in [0.3, 0.4) is 0 Å². The van der Waals surface area contributed by atoms with Gasteiger partial charge in [0.25, 0.3) is 0 Å². The number of anilines is 1. The van der Waals surface area contributed by atoms with E-state index in [1.807, 2.05) is 0 Å². The van der Waals surface area contributed by atoms with E-state index in [0.29, 0.717) is 11.3 Å². The maximum atomic E-state index is 11.2. The average molecular weight is 238 g/mol. The summed E-state index contributed by atoms with van der Waals surface area (Å²) < 4.78 is 0. The topological polar surface area (TPSA) is 49.4 Å². The van der Waals surface area contributed by atoms with Crippen molar-refractivity contribution >= 4 is 5.69 Å². The van der Waals surface area contributed by atoms with Gasteiger partial charge in [0, 0.05) is 12.1 Å². The van der Waals surface area contributed by atoms with Crippen LogP contribution in [0, 0.1) is 6.92 Å². The molecule has 0 radical (unpaired) electrons. The second-order valence-electron chi connectivity index (χ2n) is 4.32. The molecule has 0 amide bonds. The molecule has 0 aromatic heterocycles. The van der Waals surface area contributed by atoms with Gasteiger partial charge in [-0.15, -0.1) is 0 Å². The lowest BCUT2D eigenvalue weighted by molar-refractivity contribution is 0.298. The maximum absolute atomic E-state index is 11.2. The number of hydrogen-bond donors (Lipinski definition) is 1. The first-order valence-corrected chi connectivity index (χ1v) is 6.37. The van der Waals surface area contributed by atoms with Crippen molar-refractivity contribution in [3.05, 3.63) is 26.0 Å². The van der Waals surface area contributed by atoms with E-state index in [1.54, 1.807) is 6.92 Å². The Labute approximate surface area is 102 Å². The van der Waals surface area contributed by atoms with Gasteiger partial charge < -0.3 is 10.2 Å². The largest absolute Gasteiger partial charge is 0.381 e. The SMILES string of the molecule is CCN(CC)CCCCNc1c(C)c(=O)c1=O. The molecule has 0 fully saturated rings. The Balaban J connectivity index is 2.18. The second kappa shape index (κ2) is 6.55. The zero-order valence-corrected chi connectivity index (χ0v) is 11.0. The fourth-order valence-corrected chi connectivity index (χ4v) is 1.93. The van der Waals surface area contributed by atoms with Crippen molar-refractivity contribution in [2.24, 2.45) is 0 Å². The van der Waals surface area contributed by atoms with E-state index < -0.39 is 0 Å². The van der Waals surface area contributed by atoms with Gasteiger partial charge >= 0.3 is 0 Å². The van der Waals surface area contributed by atoms with Gasteiger partial charge in [-0.05, 0) is 39.4 Å². The van der Waals surface area contributed by atoms with E-state index in [4.69, 9.17) is 0 Å². The highest BCUT2D eigenvalue weighted by atomic mass is 16.2. The first-order chi connectivity index (χ1) is 8.11. The van der Waals surface area contributed by atoms with Crippen molar-refractivity contribution in [2.45, 2.75) is 33.6 Å². The molecule has 17 heavy (non-hydrogen) atoms. The van der Waals surface area contributed by atoms with Crippen molar-refractivity contribution in [2.75, 3.05) is 31.5 Å². The number of nitrogens with one attached hydrogen (secondary N) is 1. The summed E-state index contributed by atoms with van der Waals surface area (Å²) in [5, 5.41) is 3.05. The summed E-state index contributed by atoms with van der Waals surface area (Å²) >= 11 is 0. The van der Waals surface area contributed by atoms with Gasteiger partial charge in [-0.3, -0.25) is 9.59 Å². The van der Waals surface area contributed by atoms with Crippen LogP contribution in [0.25, 0.3) is 0 Å². The lowest BCUT2D eigenvalue weighted by Crippen LogP contribution is -2.37. The zero-order valence-electron chi connectivity index (χ0n) is 11.0. The van der Waals surface area contributed by atoms with Crippen LogP contribution in [0.5, 0.6) is 0 Å². The molecule has 1 aromatic carbocycles.